The minimum atomic E-state index is 0.613. The first-order valence-corrected chi connectivity index (χ1v) is 7.06. The van der Waals surface area contributed by atoms with Crippen LogP contribution in [0.5, 0.6) is 0 Å². The van der Waals surface area contributed by atoms with Gasteiger partial charge in [-0.05, 0) is 41.8 Å². The number of thioether (sulfide) groups is 1. The summed E-state index contributed by atoms with van der Waals surface area (Å²) in [5, 5.41) is 0.719. The maximum atomic E-state index is 8.32. The van der Waals surface area contributed by atoms with Gasteiger partial charge in [0.2, 0.25) is 0 Å². The SMILES string of the molecule is [2H]C1=C2SCC=C2N(C)Sc2cc(Cl)ccc21. The van der Waals surface area contributed by atoms with E-state index in [0.717, 1.165) is 31.8 Å². The highest BCUT2D eigenvalue weighted by Gasteiger charge is 2.21. The number of rotatable bonds is 0. The summed E-state index contributed by atoms with van der Waals surface area (Å²) in [6, 6.07) is 6.33. The van der Waals surface area contributed by atoms with Gasteiger partial charge in [0.15, 0.2) is 0 Å². The van der Waals surface area contributed by atoms with Gasteiger partial charge in [-0.25, -0.2) is 0 Å². The lowest BCUT2D eigenvalue weighted by atomic mass is 10.2. The van der Waals surface area contributed by atoms with E-state index in [1.165, 1.54) is 0 Å². The molecule has 1 aromatic carbocycles. The monoisotopic (exact) mass is 268 g/mol. The molecule has 0 amide bonds. The molecule has 0 saturated carbocycles. The lowest BCUT2D eigenvalue weighted by molar-refractivity contribution is 0.727. The molecule has 1 nitrogen and oxygen atoms in total. The van der Waals surface area contributed by atoms with Crippen LogP contribution >= 0.6 is 35.3 Å². The lowest BCUT2D eigenvalue weighted by Gasteiger charge is -2.17. The summed E-state index contributed by atoms with van der Waals surface area (Å²) in [5.41, 5.74) is 2.12. The summed E-state index contributed by atoms with van der Waals surface area (Å²) >= 11 is 9.38. The van der Waals surface area contributed by atoms with Crippen molar-refractivity contribution in [3.05, 3.63) is 45.5 Å². The molecule has 0 saturated heterocycles. The molecule has 0 radical (unpaired) electrons. The zero-order valence-corrected chi connectivity index (χ0v) is 11.0. The average Bonchev–Trinajstić information content (AvgIpc) is 2.74. The van der Waals surface area contributed by atoms with Crippen LogP contribution in [-0.4, -0.2) is 17.1 Å². The fraction of sp³-hybridized carbons (Fsp3) is 0.167. The highest BCUT2D eigenvalue weighted by molar-refractivity contribution is 8.04. The Morgan fingerprint density at radius 2 is 2.38 bits per heavy atom. The molecular formula is C12H10ClNS2. The minimum Gasteiger partial charge on any atom is -0.314 e. The summed E-state index contributed by atoms with van der Waals surface area (Å²) < 4.78 is 10.4. The smallest absolute Gasteiger partial charge is 0.0642 e. The van der Waals surface area contributed by atoms with Gasteiger partial charge in [-0.3, -0.25) is 0 Å². The van der Waals surface area contributed by atoms with Crippen LogP contribution in [0.3, 0.4) is 0 Å². The number of hydrogen-bond donors (Lipinski definition) is 0. The van der Waals surface area contributed by atoms with Crippen molar-refractivity contribution < 1.29 is 1.37 Å². The van der Waals surface area contributed by atoms with Gasteiger partial charge in [-0.15, -0.1) is 11.8 Å². The van der Waals surface area contributed by atoms with Crippen LogP contribution in [0.15, 0.2) is 39.8 Å². The molecule has 1 aromatic rings. The van der Waals surface area contributed by atoms with Crippen molar-refractivity contribution in [2.45, 2.75) is 4.90 Å². The van der Waals surface area contributed by atoms with E-state index < -0.39 is 0 Å². The molecular weight excluding hydrogens is 258 g/mol. The predicted molar refractivity (Wildman–Crippen MR) is 73.6 cm³/mol. The third kappa shape index (κ3) is 1.77. The summed E-state index contributed by atoms with van der Waals surface area (Å²) in [4.78, 5) is 2.12. The number of hydrogen-bond acceptors (Lipinski definition) is 3. The molecule has 16 heavy (non-hydrogen) atoms. The highest BCUT2D eigenvalue weighted by atomic mass is 35.5. The molecule has 3 rings (SSSR count). The van der Waals surface area contributed by atoms with Crippen LogP contribution < -0.4 is 0 Å². The summed E-state index contributed by atoms with van der Waals surface area (Å²) in [5.74, 6) is 0.959. The first kappa shape index (κ1) is 9.51. The minimum absolute atomic E-state index is 0.613. The average molecular weight is 269 g/mol. The van der Waals surface area contributed by atoms with E-state index >= 15 is 0 Å². The molecule has 0 aliphatic carbocycles. The fourth-order valence-corrected chi connectivity index (χ4v) is 3.95. The maximum absolute atomic E-state index is 8.32. The van der Waals surface area contributed by atoms with Gasteiger partial charge in [0.1, 0.15) is 0 Å². The Morgan fingerprint density at radius 1 is 1.50 bits per heavy atom. The third-order valence-electron chi connectivity index (χ3n) is 2.50. The number of fused-ring (bicyclic) bond motifs is 2. The van der Waals surface area contributed by atoms with E-state index in [4.69, 9.17) is 13.0 Å². The molecule has 2 heterocycles. The van der Waals surface area contributed by atoms with Crippen LogP contribution in [0.1, 0.15) is 6.93 Å². The van der Waals surface area contributed by atoms with Gasteiger partial charge in [0.05, 0.1) is 7.07 Å². The maximum Gasteiger partial charge on any atom is 0.0642 e. The normalized spacial score (nSPS) is 20.0. The number of nitrogens with zero attached hydrogens (tertiary/aromatic N) is 1. The number of benzene rings is 1. The van der Waals surface area contributed by atoms with Crippen molar-refractivity contribution in [1.29, 1.82) is 0 Å². The van der Waals surface area contributed by atoms with E-state index in [9.17, 15) is 0 Å². The lowest BCUT2D eigenvalue weighted by Crippen LogP contribution is -2.06. The molecule has 0 fully saturated rings. The third-order valence-corrected chi connectivity index (χ3v) is 4.68. The zero-order valence-electron chi connectivity index (χ0n) is 9.66. The van der Waals surface area contributed by atoms with Crippen molar-refractivity contribution in [3.8, 4) is 0 Å². The Kier molecular flexibility index (Phi) is 2.41. The van der Waals surface area contributed by atoms with Gasteiger partial charge >= 0.3 is 0 Å². The Morgan fingerprint density at radius 3 is 3.25 bits per heavy atom. The van der Waals surface area contributed by atoms with Crippen LogP contribution in [0, 0.1) is 0 Å². The van der Waals surface area contributed by atoms with Gasteiger partial charge in [0, 0.05) is 27.6 Å². The van der Waals surface area contributed by atoms with Crippen LogP contribution in [0.2, 0.25) is 5.02 Å². The fourth-order valence-electron chi connectivity index (χ4n) is 1.74. The standard InChI is InChI=1S/C12H10ClNS2/c1-14-10-4-5-15-12(10)6-8-2-3-9(13)7-11(8)16-14/h2-4,6-7H,5H2,1H3/i6D. The predicted octanol–water partition coefficient (Wildman–Crippen LogP) is 4.26. The second-order valence-corrected chi connectivity index (χ2v) is 6.22. The topological polar surface area (TPSA) is 3.24 Å². The first-order chi connectivity index (χ1) is 8.16. The quantitative estimate of drug-likeness (QED) is 0.647. The Balaban J connectivity index is 2.22. The van der Waals surface area contributed by atoms with Crippen molar-refractivity contribution in [1.82, 2.24) is 4.31 Å². The Hall–Kier alpha value is -0.510. The molecule has 0 bridgehead atoms. The molecule has 0 N–H and O–H groups in total. The highest BCUT2D eigenvalue weighted by Crippen LogP contribution is 2.43. The second kappa shape index (κ2) is 4.06. The van der Waals surface area contributed by atoms with Crippen molar-refractivity contribution in [2.24, 2.45) is 0 Å². The van der Waals surface area contributed by atoms with Gasteiger partial charge < -0.3 is 4.31 Å². The van der Waals surface area contributed by atoms with E-state index in [1.807, 2.05) is 25.2 Å². The van der Waals surface area contributed by atoms with Crippen molar-refractivity contribution in [3.63, 3.8) is 0 Å². The number of halogens is 1. The van der Waals surface area contributed by atoms with Crippen molar-refractivity contribution >= 4 is 41.4 Å². The zero-order chi connectivity index (χ0) is 12.0. The van der Waals surface area contributed by atoms with Gasteiger partial charge in [0.25, 0.3) is 0 Å². The molecule has 2 aliphatic rings. The Bertz CT molecular complexity index is 553. The summed E-state index contributed by atoms with van der Waals surface area (Å²) in [6.07, 6.45) is 2.18. The Labute approximate surface area is 110 Å². The van der Waals surface area contributed by atoms with E-state index in [1.54, 1.807) is 23.7 Å². The molecule has 0 atom stereocenters. The summed E-state index contributed by atoms with van der Waals surface area (Å²) in [7, 11) is 2.03. The van der Waals surface area contributed by atoms with Crippen molar-refractivity contribution in [2.75, 3.05) is 12.8 Å². The van der Waals surface area contributed by atoms with Gasteiger partial charge in [-0.1, -0.05) is 17.7 Å². The van der Waals surface area contributed by atoms with E-state index in [2.05, 4.69) is 10.4 Å². The summed E-state index contributed by atoms with van der Waals surface area (Å²) in [6.45, 7) is 0. The first-order valence-electron chi connectivity index (χ1n) is 5.42. The molecule has 0 spiro atoms. The molecule has 0 aromatic heterocycles. The van der Waals surface area contributed by atoms with E-state index in [0.29, 0.717) is 6.05 Å². The molecule has 82 valence electrons. The second-order valence-electron chi connectivity index (χ2n) is 3.58. The van der Waals surface area contributed by atoms with E-state index in [-0.39, 0.29) is 0 Å². The van der Waals surface area contributed by atoms with Crippen LogP contribution in [-0.2, 0) is 0 Å². The van der Waals surface area contributed by atoms with Gasteiger partial charge in [-0.2, -0.15) is 0 Å². The molecule has 4 heteroatoms. The van der Waals surface area contributed by atoms with Crippen LogP contribution in [0.4, 0.5) is 0 Å². The largest absolute Gasteiger partial charge is 0.314 e. The molecule has 0 unspecified atom stereocenters. The molecule has 2 aliphatic heterocycles. The van der Waals surface area contributed by atoms with Crippen LogP contribution in [0.25, 0.3) is 6.05 Å². The number of likely N-dealkylation sites (N-methyl/N-ethyl adjacent to an activating group) is 1.